The predicted octanol–water partition coefficient (Wildman–Crippen LogP) is 4.54. The van der Waals surface area contributed by atoms with E-state index >= 15 is 0 Å². The van der Waals surface area contributed by atoms with Crippen molar-refractivity contribution in [2.75, 3.05) is 18.4 Å². The van der Waals surface area contributed by atoms with Gasteiger partial charge in [-0.2, -0.15) is 0 Å². The summed E-state index contributed by atoms with van der Waals surface area (Å²) in [6, 6.07) is 15.7. The van der Waals surface area contributed by atoms with Gasteiger partial charge in [0, 0.05) is 0 Å². The Morgan fingerprint density at radius 2 is 1.73 bits per heavy atom. The van der Waals surface area contributed by atoms with Crippen LogP contribution in [0.4, 0.5) is 10.1 Å². The van der Waals surface area contributed by atoms with Crippen LogP contribution in [0.5, 0.6) is 11.5 Å². The molecule has 7 nitrogen and oxygen atoms in total. The minimum absolute atomic E-state index is 0.0103. The van der Waals surface area contributed by atoms with Crippen LogP contribution in [0.1, 0.15) is 18.5 Å². The fraction of sp³-hybridized carbons (Fsp3) is 0.174. The second-order valence-electron chi connectivity index (χ2n) is 7.06. The molecule has 174 valence electrons. The first-order chi connectivity index (χ1) is 15.7. The maximum Gasteiger partial charge on any atom is 0.261 e. The summed E-state index contributed by atoms with van der Waals surface area (Å²) in [5.41, 5.74) is 1.04. The Hall–Kier alpha value is -3.30. The molecule has 3 rings (SSSR count). The molecule has 0 saturated carbocycles. The average molecular weight is 493 g/mol. The second kappa shape index (κ2) is 10.5. The lowest BCUT2D eigenvalue weighted by molar-refractivity contribution is -0.123. The number of hydrogen-bond donors (Lipinski definition) is 2. The van der Waals surface area contributed by atoms with Crippen molar-refractivity contribution in [1.29, 1.82) is 0 Å². The SMILES string of the molecule is COc1ccc(NS(=O)(=O)c2ccc(OCC(=O)NC(C)c3ccc(F)cc3)cc2)cc1Cl. The number of amides is 1. The van der Waals surface area contributed by atoms with Crippen LogP contribution < -0.4 is 19.5 Å². The monoisotopic (exact) mass is 492 g/mol. The number of anilines is 1. The molecule has 0 bridgehead atoms. The molecule has 10 heteroatoms. The number of carbonyl (C=O) groups is 1. The van der Waals surface area contributed by atoms with Crippen LogP contribution in [0, 0.1) is 5.82 Å². The minimum atomic E-state index is -3.86. The maximum atomic E-state index is 13.0. The van der Waals surface area contributed by atoms with Gasteiger partial charge in [-0.15, -0.1) is 0 Å². The van der Waals surface area contributed by atoms with E-state index < -0.39 is 10.0 Å². The Kier molecular flexibility index (Phi) is 7.78. The summed E-state index contributed by atoms with van der Waals surface area (Å²) in [7, 11) is -2.40. The zero-order chi connectivity index (χ0) is 24.0. The molecular formula is C23H22ClFN2O5S. The van der Waals surface area contributed by atoms with E-state index in [-0.39, 0.29) is 40.0 Å². The van der Waals surface area contributed by atoms with Crippen molar-refractivity contribution in [2.45, 2.75) is 17.9 Å². The molecule has 1 atom stereocenters. The lowest BCUT2D eigenvalue weighted by Gasteiger charge is -2.15. The van der Waals surface area contributed by atoms with E-state index in [0.29, 0.717) is 11.5 Å². The molecule has 0 aliphatic rings. The van der Waals surface area contributed by atoms with E-state index in [4.69, 9.17) is 21.1 Å². The standard InChI is InChI=1S/C23H22ClFN2O5S/c1-15(16-3-5-17(25)6-4-16)26-23(28)14-32-19-8-10-20(11-9-19)33(29,30)27-18-7-12-22(31-2)21(24)13-18/h3-13,15,27H,14H2,1-2H3,(H,26,28). The van der Waals surface area contributed by atoms with Crippen LogP contribution in [0.3, 0.4) is 0 Å². The summed E-state index contributed by atoms with van der Waals surface area (Å²) >= 11 is 6.03. The molecule has 0 fully saturated rings. The number of methoxy groups -OCH3 is 1. The third-order valence-electron chi connectivity index (χ3n) is 4.66. The van der Waals surface area contributed by atoms with E-state index in [1.807, 2.05) is 0 Å². The third kappa shape index (κ3) is 6.59. The van der Waals surface area contributed by atoms with Crippen LogP contribution >= 0.6 is 11.6 Å². The van der Waals surface area contributed by atoms with E-state index in [2.05, 4.69) is 10.0 Å². The lowest BCUT2D eigenvalue weighted by Crippen LogP contribution is -2.31. The number of carbonyl (C=O) groups excluding carboxylic acids is 1. The number of rotatable bonds is 9. The molecule has 1 unspecified atom stereocenters. The van der Waals surface area contributed by atoms with Gasteiger partial charge in [-0.25, -0.2) is 12.8 Å². The van der Waals surface area contributed by atoms with Gasteiger partial charge in [-0.1, -0.05) is 23.7 Å². The fourth-order valence-corrected chi connectivity index (χ4v) is 4.23. The minimum Gasteiger partial charge on any atom is -0.495 e. The number of halogens is 2. The number of sulfonamides is 1. The van der Waals surface area contributed by atoms with Crippen LogP contribution in [-0.4, -0.2) is 28.0 Å². The molecule has 0 aromatic heterocycles. The van der Waals surface area contributed by atoms with E-state index in [9.17, 15) is 17.6 Å². The van der Waals surface area contributed by atoms with Crippen molar-refractivity contribution in [2.24, 2.45) is 0 Å². The lowest BCUT2D eigenvalue weighted by atomic mass is 10.1. The molecule has 3 aromatic rings. The molecule has 3 aromatic carbocycles. The molecular weight excluding hydrogens is 471 g/mol. The summed E-state index contributed by atoms with van der Waals surface area (Å²) < 4.78 is 51.2. The van der Waals surface area contributed by atoms with Crippen LogP contribution in [0.15, 0.2) is 71.6 Å². The largest absolute Gasteiger partial charge is 0.495 e. The highest BCUT2D eigenvalue weighted by Crippen LogP contribution is 2.28. The zero-order valence-electron chi connectivity index (χ0n) is 17.8. The summed E-state index contributed by atoms with van der Waals surface area (Å²) in [5, 5.41) is 3.02. The highest BCUT2D eigenvalue weighted by Gasteiger charge is 2.16. The number of nitrogens with one attached hydrogen (secondary N) is 2. The average Bonchev–Trinajstić information content (AvgIpc) is 2.78. The van der Waals surface area contributed by atoms with Gasteiger partial charge in [0.15, 0.2) is 6.61 Å². The zero-order valence-corrected chi connectivity index (χ0v) is 19.4. The summed E-state index contributed by atoms with van der Waals surface area (Å²) in [4.78, 5) is 12.1. The van der Waals surface area contributed by atoms with Gasteiger partial charge >= 0.3 is 0 Å². The van der Waals surface area contributed by atoms with E-state index in [1.165, 1.54) is 55.6 Å². The Balaban J connectivity index is 1.56. The normalized spacial score (nSPS) is 12.0. The quantitative estimate of drug-likeness (QED) is 0.457. The van der Waals surface area contributed by atoms with Crippen molar-refractivity contribution in [3.05, 3.63) is 83.1 Å². The third-order valence-corrected chi connectivity index (χ3v) is 6.35. The Morgan fingerprint density at radius 1 is 1.06 bits per heavy atom. The van der Waals surface area contributed by atoms with Gasteiger partial charge in [0.2, 0.25) is 0 Å². The molecule has 1 amide bonds. The van der Waals surface area contributed by atoms with Gasteiger partial charge in [-0.05, 0) is 67.1 Å². The summed E-state index contributed by atoms with van der Waals surface area (Å²) in [6.45, 7) is 1.51. The maximum absolute atomic E-state index is 13.0. The smallest absolute Gasteiger partial charge is 0.261 e. The van der Waals surface area contributed by atoms with Crippen molar-refractivity contribution < 1.29 is 27.1 Å². The van der Waals surface area contributed by atoms with Crippen molar-refractivity contribution in [1.82, 2.24) is 5.32 Å². The van der Waals surface area contributed by atoms with Crippen LogP contribution in [0.25, 0.3) is 0 Å². The molecule has 0 saturated heterocycles. The van der Waals surface area contributed by atoms with Crippen molar-refractivity contribution in [3.8, 4) is 11.5 Å². The van der Waals surface area contributed by atoms with Crippen molar-refractivity contribution >= 4 is 33.2 Å². The van der Waals surface area contributed by atoms with Gasteiger partial charge in [-0.3, -0.25) is 9.52 Å². The molecule has 0 spiro atoms. The van der Waals surface area contributed by atoms with Gasteiger partial charge in [0.25, 0.3) is 15.9 Å². The summed E-state index contributed by atoms with van der Waals surface area (Å²) in [6.07, 6.45) is 0. The Morgan fingerprint density at radius 3 is 2.33 bits per heavy atom. The van der Waals surface area contributed by atoms with Gasteiger partial charge in [0.05, 0.1) is 28.8 Å². The molecule has 0 aliphatic heterocycles. The highest BCUT2D eigenvalue weighted by atomic mass is 35.5. The first kappa shape index (κ1) is 24.3. The van der Waals surface area contributed by atoms with Crippen LogP contribution in [-0.2, 0) is 14.8 Å². The van der Waals surface area contributed by atoms with E-state index in [1.54, 1.807) is 25.1 Å². The first-order valence-corrected chi connectivity index (χ1v) is 11.7. The highest BCUT2D eigenvalue weighted by molar-refractivity contribution is 7.92. The predicted molar refractivity (Wildman–Crippen MR) is 124 cm³/mol. The number of benzene rings is 3. The second-order valence-corrected chi connectivity index (χ2v) is 9.15. The molecule has 33 heavy (non-hydrogen) atoms. The number of hydrogen-bond acceptors (Lipinski definition) is 5. The molecule has 0 heterocycles. The van der Waals surface area contributed by atoms with Gasteiger partial charge < -0.3 is 14.8 Å². The Labute approximate surface area is 196 Å². The number of ether oxygens (including phenoxy) is 2. The Bertz CT molecular complexity index is 1220. The van der Waals surface area contributed by atoms with Crippen LogP contribution in [0.2, 0.25) is 5.02 Å². The first-order valence-electron chi connectivity index (χ1n) is 9.82. The molecule has 2 N–H and O–H groups in total. The fourth-order valence-electron chi connectivity index (χ4n) is 2.93. The molecule has 0 radical (unpaired) electrons. The molecule has 0 aliphatic carbocycles. The topological polar surface area (TPSA) is 93.7 Å². The van der Waals surface area contributed by atoms with Gasteiger partial charge in [0.1, 0.15) is 17.3 Å². The summed E-state index contributed by atoms with van der Waals surface area (Å²) in [5.74, 6) is 0.0267. The van der Waals surface area contributed by atoms with E-state index in [0.717, 1.165) is 5.56 Å². The van der Waals surface area contributed by atoms with Crippen molar-refractivity contribution in [3.63, 3.8) is 0 Å².